The number of nitrogens with zero attached hydrogens (tertiary/aromatic N) is 3. The summed E-state index contributed by atoms with van der Waals surface area (Å²) in [6.45, 7) is 9.68. The van der Waals surface area contributed by atoms with Gasteiger partial charge in [-0.25, -0.2) is 4.79 Å². The zero-order valence-electron chi connectivity index (χ0n) is 14.5. The third kappa shape index (κ3) is 5.78. The Labute approximate surface area is 138 Å². The van der Waals surface area contributed by atoms with Gasteiger partial charge in [0.25, 0.3) is 0 Å². The fourth-order valence-corrected chi connectivity index (χ4v) is 2.58. The first-order valence-corrected chi connectivity index (χ1v) is 8.20. The molecule has 1 aliphatic rings. The molecule has 0 radical (unpaired) electrons. The molecular formula is C17H27N3O3. The van der Waals surface area contributed by atoms with Gasteiger partial charge in [-0.3, -0.25) is 9.97 Å². The van der Waals surface area contributed by atoms with Crippen LogP contribution in [0.4, 0.5) is 4.79 Å². The molecule has 2 rings (SSSR count). The lowest BCUT2D eigenvalue weighted by molar-refractivity contribution is -0.00468. The highest BCUT2D eigenvalue weighted by atomic mass is 16.6. The molecule has 0 spiro atoms. The van der Waals surface area contributed by atoms with Crippen molar-refractivity contribution >= 4 is 6.09 Å². The molecular weight excluding hydrogens is 294 g/mol. The van der Waals surface area contributed by atoms with Gasteiger partial charge in [0, 0.05) is 31.4 Å². The fraction of sp³-hybridized carbons (Fsp3) is 0.706. The number of carbonyl (C=O) groups excluding carboxylic acids is 1. The summed E-state index contributed by atoms with van der Waals surface area (Å²) < 4.78 is 11.4. The maximum atomic E-state index is 12.2. The molecule has 0 aromatic carbocycles. The SMILES string of the molecule is CC(OCC1CCCN(C(=O)OC(C)(C)C)C1)c1cnccn1. The molecule has 0 saturated carbocycles. The lowest BCUT2D eigenvalue weighted by Gasteiger charge is -2.34. The highest BCUT2D eigenvalue weighted by molar-refractivity contribution is 5.68. The van der Waals surface area contributed by atoms with Crippen LogP contribution in [-0.4, -0.2) is 46.3 Å². The minimum absolute atomic E-state index is 0.0967. The van der Waals surface area contributed by atoms with Gasteiger partial charge in [0.1, 0.15) is 5.60 Å². The number of piperidine rings is 1. The van der Waals surface area contributed by atoms with Crippen LogP contribution in [0.5, 0.6) is 0 Å². The Morgan fingerprint density at radius 3 is 2.87 bits per heavy atom. The van der Waals surface area contributed by atoms with Crippen molar-refractivity contribution in [2.75, 3.05) is 19.7 Å². The van der Waals surface area contributed by atoms with Gasteiger partial charge in [-0.1, -0.05) is 0 Å². The molecule has 6 nitrogen and oxygen atoms in total. The van der Waals surface area contributed by atoms with Crippen molar-refractivity contribution in [1.82, 2.24) is 14.9 Å². The Bertz CT molecular complexity index is 502. The highest BCUT2D eigenvalue weighted by Gasteiger charge is 2.28. The van der Waals surface area contributed by atoms with Crippen LogP contribution >= 0.6 is 0 Å². The fourth-order valence-electron chi connectivity index (χ4n) is 2.58. The molecule has 1 amide bonds. The van der Waals surface area contributed by atoms with Crippen LogP contribution in [0.3, 0.4) is 0 Å². The molecule has 2 atom stereocenters. The van der Waals surface area contributed by atoms with Crippen molar-refractivity contribution in [2.24, 2.45) is 5.92 Å². The van der Waals surface area contributed by atoms with Crippen molar-refractivity contribution in [2.45, 2.75) is 52.2 Å². The Kier molecular flexibility index (Phi) is 5.93. The summed E-state index contributed by atoms with van der Waals surface area (Å²) in [7, 11) is 0. The Morgan fingerprint density at radius 1 is 1.43 bits per heavy atom. The van der Waals surface area contributed by atoms with Crippen LogP contribution in [0, 0.1) is 5.92 Å². The quantitative estimate of drug-likeness (QED) is 0.852. The molecule has 1 fully saturated rings. The normalized spacial score (nSPS) is 20.2. The second-order valence-electron chi connectivity index (χ2n) is 7.04. The minimum atomic E-state index is -0.457. The second-order valence-corrected chi connectivity index (χ2v) is 7.04. The third-order valence-electron chi connectivity index (χ3n) is 3.75. The second kappa shape index (κ2) is 7.73. The first-order valence-electron chi connectivity index (χ1n) is 8.20. The standard InChI is InChI=1S/C17H27N3O3/c1-13(15-10-18-7-8-19-15)22-12-14-6-5-9-20(11-14)16(21)23-17(2,3)4/h7-8,10,13-14H,5-6,9,11-12H2,1-4H3. The topological polar surface area (TPSA) is 64.5 Å². The largest absolute Gasteiger partial charge is 0.444 e. The van der Waals surface area contributed by atoms with E-state index in [0.717, 1.165) is 25.1 Å². The molecule has 1 aliphatic heterocycles. The van der Waals surface area contributed by atoms with Gasteiger partial charge in [-0.15, -0.1) is 0 Å². The number of carbonyl (C=O) groups is 1. The summed E-state index contributed by atoms with van der Waals surface area (Å²) in [6, 6.07) is 0. The highest BCUT2D eigenvalue weighted by Crippen LogP contribution is 2.22. The molecule has 2 unspecified atom stereocenters. The Morgan fingerprint density at radius 2 is 2.22 bits per heavy atom. The first-order chi connectivity index (χ1) is 10.8. The van der Waals surface area contributed by atoms with E-state index in [4.69, 9.17) is 9.47 Å². The molecule has 1 saturated heterocycles. The van der Waals surface area contributed by atoms with Gasteiger partial charge in [0.15, 0.2) is 0 Å². The number of hydrogen-bond acceptors (Lipinski definition) is 5. The molecule has 1 aromatic heterocycles. The minimum Gasteiger partial charge on any atom is -0.444 e. The monoisotopic (exact) mass is 321 g/mol. The Balaban J connectivity index is 1.81. The number of likely N-dealkylation sites (tertiary alicyclic amines) is 1. The Hall–Kier alpha value is -1.69. The summed E-state index contributed by atoms with van der Waals surface area (Å²) in [4.78, 5) is 22.3. The van der Waals surface area contributed by atoms with Crippen molar-refractivity contribution in [3.05, 3.63) is 24.3 Å². The number of hydrogen-bond donors (Lipinski definition) is 0. The van der Waals surface area contributed by atoms with Crippen LogP contribution in [0.25, 0.3) is 0 Å². The van der Waals surface area contributed by atoms with Crippen molar-refractivity contribution in [3.63, 3.8) is 0 Å². The van der Waals surface area contributed by atoms with E-state index in [1.165, 1.54) is 0 Å². The zero-order chi connectivity index (χ0) is 16.9. The van der Waals surface area contributed by atoms with Crippen molar-refractivity contribution < 1.29 is 14.3 Å². The molecule has 128 valence electrons. The lowest BCUT2D eigenvalue weighted by Crippen LogP contribution is -2.43. The predicted molar refractivity (Wildman–Crippen MR) is 86.9 cm³/mol. The van der Waals surface area contributed by atoms with Crippen LogP contribution in [0.1, 0.15) is 52.3 Å². The molecule has 0 aliphatic carbocycles. The maximum absolute atomic E-state index is 12.2. The van der Waals surface area contributed by atoms with Crippen LogP contribution in [-0.2, 0) is 9.47 Å². The third-order valence-corrected chi connectivity index (χ3v) is 3.75. The smallest absolute Gasteiger partial charge is 0.410 e. The van der Waals surface area contributed by atoms with Crippen molar-refractivity contribution in [1.29, 1.82) is 0 Å². The van der Waals surface area contributed by atoms with E-state index in [9.17, 15) is 4.79 Å². The zero-order valence-corrected chi connectivity index (χ0v) is 14.5. The van der Waals surface area contributed by atoms with Gasteiger partial charge < -0.3 is 14.4 Å². The van der Waals surface area contributed by atoms with E-state index >= 15 is 0 Å². The van der Waals surface area contributed by atoms with Crippen molar-refractivity contribution in [3.8, 4) is 0 Å². The van der Waals surface area contributed by atoms with E-state index in [1.54, 1.807) is 23.5 Å². The van der Waals surface area contributed by atoms with E-state index < -0.39 is 5.60 Å². The van der Waals surface area contributed by atoms with E-state index in [1.807, 2.05) is 27.7 Å². The number of rotatable bonds is 4. The molecule has 6 heteroatoms. The summed E-state index contributed by atoms with van der Waals surface area (Å²) in [5.74, 6) is 0.329. The molecule has 2 heterocycles. The number of aromatic nitrogens is 2. The maximum Gasteiger partial charge on any atom is 0.410 e. The number of ether oxygens (including phenoxy) is 2. The summed E-state index contributed by atoms with van der Waals surface area (Å²) in [5.41, 5.74) is 0.369. The molecule has 0 N–H and O–H groups in total. The average Bonchev–Trinajstić information content (AvgIpc) is 2.52. The summed E-state index contributed by atoms with van der Waals surface area (Å²) in [6.07, 6.45) is 6.75. The summed E-state index contributed by atoms with van der Waals surface area (Å²) in [5, 5.41) is 0. The molecule has 0 bridgehead atoms. The van der Waals surface area contributed by atoms with E-state index in [2.05, 4.69) is 9.97 Å². The van der Waals surface area contributed by atoms with Crippen LogP contribution < -0.4 is 0 Å². The lowest BCUT2D eigenvalue weighted by atomic mass is 9.99. The number of amides is 1. The van der Waals surface area contributed by atoms with Gasteiger partial charge in [-0.05, 0) is 40.5 Å². The van der Waals surface area contributed by atoms with Gasteiger partial charge in [0.05, 0.1) is 24.6 Å². The van der Waals surface area contributed by atoms with Gasteiger partial charge in [0.2, 0.25) is 0 Å². The molecule has 23 heavy (non-hydrogen) atoms. The predicted octanol–water partition coefficient (Wildman–Crippen LogP) is 3.20. The summed E-state index contributed by atoms with van der Waals surface area (Å²) >= 11 is 0. The van der Waals surface area contributed by atoms with Crippen LogP contribution in [0.2, 0.25) is 0 Å². The van der Waals surface area contributed by atoms with Gasteiger partial charge >= 0.3 is 6.09 Å². The average molecular weight is 321 g/mol. The van der Waals surface area contributed by atoms with Crippen LogP contribution in [0.15, 0.2) is 18.6 Å². The molecule has 1 aromatic rings. The van der Waals surface area contributed by atoms with E-state index in [0.29, 0.717) is 19.1 Å². The van der Waals surface area contributed by atoms with Gasteiger partial charge in [-0.2, -0.15) is 0 Å². The van der Waals surface area contributed by atoms with E-state index in [-0.39, 0.29) is 12.2 Å². The first kappa shape index (κ1) is 17.7.